The molecule has 1 aromatic heterocycles. The van der Waals surface area contributed by atoms with Crippen LogP contribution < -0.4 is 10.0 Å². The van der Waals surface area contributed by atoms with E-state index in [1.54, 1.807) is 17.5 Å². The first kappa shape index (κ1) is 16.6. The molecular formula is C13H14Cl2N2O2S2. The van der Waals surface area contributed by atoms with E-state index >= 15 is 0 Å². The number of benzene rings is 1. The summed E-state index contributed by atoms with van der Waals surface area (Å²) in [4.78, 5) is 1.19. The maximum absolute atomic E-state index is 12.3. The van der Waals surface area contributed by atoms with E-state index < -0.39 is 10.0 Å². The first-order valence-electron chi connectivity index (χ1n) is 6.18. The van der Waals surface area contributed by atoms with E-state index in [9.17, 15) is 8.42 Å². The lowest BCUT2D eigenvalue weighted by Gasteiger charge is -2.08. The largest absolute Gasteiger partial charge is 0.312 e. The van der Waals surface area contributed by atoms with Crippen molar-refractivity contribution in [2.75, 3.05) is 11.3 Å². The van der Waals surface area contributed by atoms with Crippen molar-refractivity contribution in [3.63, 3.8) is 0 Å². The van der Waals surface area contributed by atoms with Crippen molar-refractivity contribution >= 4 is 50.2 Å². The fourth-order valence-corrected chi connectivity index (χ4v) is 4.45. The summed E-state index contributed by atoms with van der Waals surface area (Å²) in [6, 6.07) is 6.26. The Morgan fingerprint density at radius 3 is 2.67 bits per heavy atom. The van der Waals surface area contributed by atoms with Gasteiger partial charge < -0.3 is 5.32 Å². The monoisotopic (exact) mass is 364 g/mol. The van der Waals surface area contributed by atoms with Crippen LogP contribution in [0.3, 0.4) is 0 Å². The Morgan fingerprint density at radius 1 is 1.24 bits per heavy atom. The molecule has 0 saturated carbocycles. The highest BCUT2D eigenvalue weighted by molar-refractivity contribution is 7.92. The molecule has 0 amide bonds. The van der Waals surface area contributed by atoms with E-state index in [2.05, 4.69) is 10.0 Å². The molecule has 0 unspecified atom stereocenters. The summed E-state index contributed by atoms with van der Waals surface area (Å²) in [5, 5.41) is 5.47. The van der Waals surface area contributed by atoms with Gasteiger partial charge in [-0.25, -0.2) is 8.42 Å². The highest BCUT2D eigenvalue weighted by atomic mass is 35.5. The molecule has 0 radical (unpaired) electrons. The highest BCUT2D eigenvalue weighted by Crippen LogP contribution is 2.28. The molecule has 0 aliphatic heterocycles. The number of sulfonamides is 1. The fraction of sp³-hybridized carbons (Fsp3) is 0.231. The first-order chi connectivity index (χ1) is 9.92. The maximum Gasteiger partial charge on any atom is 0.262 e. The molecule has 0 saturated heterocycles. The summed E-state index contributed by atoms with van der Waals surface area (Å²) < 4.78 is 27.1. The predicted octanol–water partition coefficient (Wildman–Crippen LogP) is 3.97. The molecule has 1 heterocycles. The summed E-state index contributed by atoms with van der Waals surface area (Å²) in [6.45, 7) is 3.48. The van der Waals surface area contributed by atoms with Gasteiger partial charge in [0.25, 0.3) is 10.0 Å². The molecule has 0 aliphatic carbocycles. The molecule has 0 spiro atoms. The van der Waals surface area contributed by atoms with Crippen molar-refractivity contribution in [3.8, 4) is 0 Å². The molecule has 0 atom stereocenters. The van der Waals surface area contributed by atoms with Crippen molar-refractivity contribution in [2.24, 2.45) is 0 Å². The van der Waals surface area contributed by atoms with Gasteiger partial charge in [-0.2, -0.15) is 0 Å². The number of thiophene rings is 1. The number of anilines is 1. The molecule has 4 nitrogen and oxygen atoms in total. The molecule has 114 valence electrons. The Balaban J connectivity index is 2.19. The summed E-state index contributed by atoms with van der Waals surface area (Å²) in [6.07, 6.45) is 0. The van der Waals surface area contributed by atoms with Gasteiger partial charge in [-0.1, -0.05) is 30.1 Å². The van der Waals surface area contributed by atoms with Crippen molar-refractivity contribution in [2.45, 2.75) is 18.4 Å². The van der Waals surface area contributed by atoms with Crippen LogP contribution in [-0.2, 0) is 16.6 Å². The Bertz CT molecular complexity index is 730. The summed E-state index contributed by atoms with van der Waals surface area (Å²) in [5.74, 6) is 0. The molecule has 8 heteroatoms. The van der Waals surface area contributed by atoms with Gasteiger partial charge >= 0.3 is 0 Å². The second-order valence-corrected chi connectivity index (χ2v) is 7.78. The molecule has 2 rings (SSSR count). The third kappa shape index (κ3) is 4.34. The van der Waals surface area contributed by atoms with Gasteiger partial charge in [0.2, 0.25) is 0 Å². The second kappa shape index (κ2) is 6.98. The van der Waals surface area contributed by atoms with Crippen molar-refractivity contribution in [1.29, 1.82) is 0 Å². The number of rotatable bonds is 6. The third-order valence-corrected chi connectivity index (χ3v) is 5.64. The minimum Gasteiger partial charge on any atom is -0.312 e. The zero-order valence-corrected chi connectivity index (χ0v) is 14.3. The van der Waals surface area contributed by atoms with Crippen LogP contribution >= 0.6 is 34.5 Å². The van der Waals surface area contributed by atoms with Gasteiger partial charge in [-0.3, -0.25) is 4.72 Å². The van der Waals surface area contributed by atoms with Gasteiger partial charge in [0.05, 0.1) is 15.6 Å². The van der Waals surface area contributed by atoms with Crippen LogP contribution in [0.4, 0.5) is 5.69 Å². The topological polar surface area (TPSA) is 58.2 Å². The highest BCUT2D eigenvalue weighted by Gasteiger charge is 2.17. The van der Waals surface area contributed by atoms with Crippen molar-refractivity contribution in [3.05, 3.63) is 44.6 Å². The Kier molecular flexibility index (Phi) is 5.51. The second-order valence-electron chi connectivity index (χ2n) is 4.26. The minimum absolute atomic E-state index is 0.228. The van der Waals surface area contributed by atoms with Gasteiger partial charge in [0.15, 0.2) is 0 Å². The standard InChI is InChI=1S/C13H14Cl2N2O2S2/c1-2-16-7-10-6-11(8-20-10)21(18,19)17-13-4-3-9(14)5-12(13)15/h3-6,8,16-17H,2,7H2,1H3. The quantitative estimate of drug-likeness (QED) is 0.815. The van der Waals surface area contributed by atoms with Crippen LogP contribution in [0.5, 0.6) is 0 Å². The molecule has 0 aliphatic rings. The van der Waals surface area contributed by atoms with Crippen LogP contribution in [0.15, 0.2) is 34.5 Å². The average Bonchev–Trinajstić information content (AvgIpc) is 2.89. The van der Waals surface area contributed by atoms with E-state index in [4.69, 9.17) is 23.2 Å². The number of nitrogens with one attached hydrogen (secondary N) is 2. The molecule has 0 fully saturated rings. The molecular weight excluding hydrogens is 351 g/mol. The lowest BCUT2D eigenvalue weighted by atomic mass is 10.3. The van der Waals surface area contributed by atoms with Gasteiger partial charge in [-0.15, -0.1) is 11.3 Å². The smallest absolute Gasteiger partial charge is 0.262 e. The minimum atomic E-state index is -3.65. The van der Waals surface area contributed by atoms with E-state index in [0.29, 0.717) is 17.3 Å². The SMILES string of the molecule is CCNCc1cc(S(=O)(=O)Nc2ccc(Cl)cc2Cl)cs1. The molecule has 0 bridgehead atoms. The molecule has 2 N–H and O–H groups in total. The Morgan fingerprint density at radius 2 is 2.00 bits per heavy atom. The Hall–Kier alpha value is -0.790. The van der Waals surface area contributed by atoms with E-state index in [0.717, 1.165) is 11.4 Å². The first-order valence-corrected chi connectivity index (χ1v) is 9.30. The van der Waals surface area contributed by atoms with E-state index in [-0.39, 0.29) is 9.92 Å². The summed E-state index contributed by atoms with van der Waals surface area (Å²) in [5.41, 5.74) is 0.306. The lowest BCUT2D eigenvalue weighted by molar-refractivity contribution is 0.601. The van der Waals surface area contributed by atoms with Crippen molar-refractivity contribution < 1.29 is 8.42 Å². The Labute approximate surface area is 138 Å². The molecule has 1 aromatic carbocycles. The third-order valence-electron chi connectivity index (χ3n) is 2.66. The average molecular weight is 365 g/mol. The molecule has 2 aromatic rings. The summed E-state index contributed by atoms with van der Waals surface area (Å²) in [7, 11) is -3.65. The zero-order chi connectivity index (χ0) is 15.5. The van der Waals surface area contributed by atoms with E-state index in [1.165, 1.54) is 23.5 Å². The predicted molar refractivity (Wildman–Crippen MR) is 89.0 cm³/mol. The normalized spacial score (nSPS) is 11.6. The van der Waals surface area contributed by atoms with Crippen molar-refractivity contribution in [1.82, 2.24) is 5.32 Å². The van der Waals surface area contributed by atoms with Gasteiger partial charge in [0.1, 0.15) is 0 Å². The number of hydrogen-bond donors (Lipinski definition) is 2. The lowest BCUT2D eigenvalue weighted by Crippen LogP contribution is -2.13. The van der Waals surface area contributed by atoms with Crippen LogP contribution in [0.2, 0.25) is 10.0 Å². The van der Waals surface area contributed by atoms with Gasteiger partial charge in [0, 0.05) is 21.8 Å². The summed E-state index contributed by atoms with van der Waals surface area (Å²) >= 11 is 13.2. The maximum atomic E-state index is 12.3. The number of hydrogen-bond acceptors (Lipinski definition) is 4. The van der Waals surface area contributed by atoms with Crippen LogP contribution in [0, 0.1) is 0 Å². The van der Waals surface area contributed by atoms with Crippen LogP contribution in [0.1, 0.15) is 11.8 Å². The van der Waals surface area contributed by atoms with E-state index in [1.807, 2.05) is 6.92 Å². The van der Waals surface area contributed by atoms with Gasteiger partial charge in [-0.05, 0) is 30.8 Å². The number of halogens is 2. The molecule has 21 heavy (non-hydrogen) atoms. The van der Waals surface area contributed by atoms with Crippen LogP contribution in [0.25, 0.3) is 0 Å². The fourth-order valence-electron chi connectivity index (χ4n) is 1.62. The van der Waals surface area contributed by atoms with Crippen LogP contribution in [-0.4, -0.2) is 15.0 Å². The zero-order valence-electron chi connectivity index (χ0n) is 11.2.